The van der Waals surface area contributed by atoms with Crippen LogP contribution in [0.25, 0.3) is 0 Å². The van der Waals surface area contributed by atoms with Crippen LogP contribution in [-0.4, -0.2) is 41.6 Å². The van der Waals surface area contributed by atoms with Crippen LogP contribution >= 0.6 is 11.6 Å². The minimum Gasteiger partial charge on any atom is -0.444 e. The van der Waals surface area contributed by atoms with Gasteiger partial charge in [0.15, 0.2) is 0 Å². The molecule has 5 nitrogen and oxygen atoms in total. The van der Waals surface area contributed by atoms with Gasteiger partial charge in [-0.2, -0.15) is 0 Å². The lowest BCUT2D eigenvalue weighted by molar-refractivity contribution is -0.125. The number of nitrogens with one attached hydrogen (secondary N) is 1. The van der Waals surface area contributed by atoms with Gasteiger partial charge in [-0.15, -0.1) is 0 Å². The average Bonchev–Trinajstić information content (AvgIpc) is 2.97. The van der Waals surface area contributed by atoms with E-state index in [9.17, 15) is 9.59 Å². The summed E-state index contributed by atoms with van der Waals surface area (Å²) in [5.41, 5.74) is 0.546. The van der Waals surface area contributed by atoms with Gasteiger partial charge in [-0.1, -0.05) is 23.7 Å². The van der Waals surface area contributed by atoms with Crippen molar-refractivity contribution in [2.75, 3.05) is 13.1 Å². The van der Waals surface area contributed by atoms with Crippen molar-refractivity contribution < 1.29 is 14.3 Å². The minimum atomic E-state index is -0.560. The van der Waals surface area contributed by atoms with Gasteiger partial charge in [-0.3, -0.25) is 9.69 Å². The Kier molecular flexibility index (Phi) is 6.10. The monoisotopic (exact) mass is 352 g/mol. The molecule has 0 unspecified atom stereocenters. The number of carbonyl (C=O) groups is 2. The highest BCUT2D eigenvalue weighted by Crippen LogP contribution is 2.21. The van der Waals surface area contributed by atoms with Crippen LogP contribution in [0.2, 0.25) is 5.02 Å². The normalized spacial score (nSPS) is 17.7. The van der Waals surface area contributed by atoms with E-state index in [2.05, 4.69) is 5.32 Å². The Bertz CT molecular complexity index is 581. The SMILES string of the molecule is CC(C)(C)OC(=O)N1CCC[C@H]1C(=O)NCCc1ccc(Cl)cc1. The molecule has 132 valence electrons. The summed E-state index contributed by atoms with van der Waals surface area (Å²) in [6.07, 6.45) is 1.79. The number of hydrogen-bond acceptors (Lipinski definition) is 3. The fourth-order valence-electron chi connectivity index (χ4n) is 2.68. The molecule has 1 aliphatic heterocycles. The van der Waals surface area contributed by atoms with Gasteiger partial charge in [0.2, 0.25) is 5.91 Å². The Labute approximate surface area is 148 Å². The first kappa shape index (κ1) is 18.6. The molecule has 6 heteroatoms. The molecule has 0 saturated carbocycles. The molecule has 0 aliphatic carbocycles. The van der Waals surface area contributed by atoms with E-state index in [1.54, 1.807) is 0 Å². The van der Waals surface area contributed by atoms with Crippen LogP contribution in [0.15, 0.2) is 24.3 Å². The Morgan fingerprint density at radius 3 is 2.58 bits per heavy atom. The van der Waals surface area contributed by atoms with E-state index in [1.165, 1.54) is 4.90 Å². The van der Waals surface area contributed by atoms with E-state index in [0.717, 1.165) is 18.4 Å². The number of amides is 2. The van der Waals surface area contributed by atoms with Crippen LogP contribution in [0.4, 0.5) is 4.79 Å². The summed E-state index contributed by atoms with van der Waals surface area (Å²) >= 11 is 5.85. The number of hydrogen-bond donors (Lipinski definition) is 1. The van der Waals surface area contributed by atoms with Gasteiger partial charge in [-0.25, -0.2) is 4.79 Å². The Hall–Kier alpha value is -1.75. The Balaban J connectivity index is 1.84. The number of benzene rings is 1. The summed E-state index contributed by atoms with van der Waals surface area (Å²) < 4.78 is 5.38. The lowest BCUT2D eigenvalue weighted by Gasteiger charge is -2.28. The molecule has 1 saturated heterocycles. The largest absolute Gasteiger partial charge is 0.444 e. The molecule has 1 aliphatic rings. The van der Waals surface area contributed by atoms with Crippen LogP contribution in [0, 0.1) is 0 Å². The molecule has 1 aromatic carbocycles. The molecule has 24 heavy (non-hydrogen) atoms. The summed E-state index contributed by atoms with van der Waals surface area (Å²) in [6.45, 7) is 6.55. The van der Waals surface area contributed by atoms with Crippen LogP contribution < -0.4 is 5.32 Å². The van der Waals surface area contributed by atoms with Crippen LogP contribution in [0.1, 0.15) is 39.2 Å². The highest BCUT2D eigenvalue weighted by molar-refractivity contribution is 6.30. The first-order valence-corrected chi connectivity index (χ1v) is 8.66. The maximum absolute atomic E-state index is 12.4. The molecular weight excluding hydrogens is 328 g/mol. The molecule has 1 N–H and O–H groups in total. The number of halogens is 1. The minimum absolute atomic E-state index is 0.118. The Morgan fingerprint density at radius 2 is 1.96 bits per heavy atom. The topological polar surface area (TPSA) is 58.6 Å². The fraction of sp³-hybridized carbons (Fsp3) is 0.556. The summed E-state index contributed by atoms with van der Waals surface area (Å²) in [4.78, 5) is 26.1. The van der Waals surface area contributed by atoms with Crippen molar-refractivity contribution >= 4 is 23.6 Å². The zero-order valence-corrected chi connectivity index (χ0v) is 15.2. The van der Waals surface area contributed by atoms with Gasteiger partial charge < -0.3 is 10.1 Å². The third-order valence-electron chi connectivity index (χ3n) is 3.81. The van der Waals surface area contributed by atoms with Crippen molar-refractivity contribution in [2.45, 2.75) is 51.7 Å². The van der Waals surface area contributed by atoms with Crippen molar-refractivity contribution in [2.24, 2.45) is 0 Å². The van der Waals surface area contributed by atoms with Gasteiger partial charge in [0.05, 0.1) is 0 Å². The van der Waals surface area contributed by atoms with Crippen molar-refractivity contribution in [3.63, 3.8) is 0 Å². The third-order valence-corrected chi connectivity index (χ3v) is 4.06. The number of carbonyl (C=O) groups excluding carboxylic acids is 2. The van der Waals surface area contributed by atoms with Crippen molar-refractivity contribution in [1.82, 2.24) is 10.2 Å². The van der Waals surface area contributed by atoms with Crippen LogP contribution in [0.3, 0.4) is 0 Å². The molecule has 0 aromatic heterocycles. The van der Waals surface area contributed by atoms with E-state index in [1.807, 2.05) is 45.0 Å². The third kappa shape index (κ3) is 5.41. The van der Waals surface area contributed by atoms with E-state index in [0.29, 0.717) is 24.5 Å². The predicted octanol–water partition coefficient (Wildman–Crippen LogP) is 3.40. The molecule has 1 aromatic rings. The number of nitrogens with zero attached hydrogens (tertiary/aromatic N) is 1. The first-order chi connectivity index (χ1) is 11.3. The summed E-state index contributed by atoms with van der Waals surface area (Å²) in [5, 5.41) is 3.61. The molecular formula is C18H25ClN2O3. The predicted molar refractivity (Wildman–Crippen MR) is 94.1 cm³/mol. The molecule has 1 heterocycles. The van der Waals surface area contributed by atoms with Crippen molar-refractivity contribution in [3.05, 3.63) is 34.9 Å². The molecule has 0 radical (unpaired) electrons. The second-order valence-corrected chi connectivity index (χ2v) is 7.44. The van der Waals surface area contributed by atoms with Gasteiger partial charge in [0.1, 0.15) is 11.6 Å². The van der Waals surface area contributed by atoms with E-state index in [-0.39, 0.29) is 5.91 Å². The second kappa shape index (κ2) is 7.88. The summed E-state index contributed by atoms with van der Waals surface area (Å²) in [6, 6.07) is 7.11. The molecule has 2 rings (SSSR count). The van der Waals surface area contributed by atoms with Crippen LogP contribution in [0.5, 0.6) is 0 Å². The smallest absolute Gasteiger partial charge is 0.410 e. The summed E-state index contributed by atoms with van der Waals surface area (Å²) in [7, 11) is 0. The van der Waals surface area contributed by atoms with Gasteiger partial charge in [0.25, 0.3) is 0 Å². The quantitative estimate of drug-likeness (QED) is 0.903. The number of rotatable bonds is 4. The maximum atomic E-state index is 12.4. The molecule has 1 atom stereocenters. The highest BCUT2D eigenvalue weighted by atomic mass is 35.5. The first-order valence-electron chi connectivity index (χ1n) is 8.28. The van der Waals surface area contributed by atoms with Gasteiger partial charge in [0, 0.05) is 18.1 Å². The molecule has 2 amide bonds. The standard InChI is InChI=1S/C18H25ClN2O3/c1-18(2,3)24-17(23)21-12-4-5-15(21)16(22)20-11-10-13-6-8-14(19)9-7-13/h6-9,15H,4-5,10-12H2,1-3H3,(H,20,22)/t15-/m0/s1. The van der Waals surface area contributed by atoms with E-state index in [4.69, 9.17) is 16.3 Å². The lowest BCUT2D eigenvalue weighted by atomic mass is 10.1. The Morgan fingerprint density at radius 1 is 1.29 bits per heavy atom. The average molecular weight is 353 g/mol. The summed E-state index contributed by atoms with van der Waals surface area (Å²) in [5.74, 6) is -0.118. The zero-order chi connectivity index (χ0) is 17.7. The highest BCUT2D eigenvalue weighted by Gasteiger charge is 2.36. The van der Waals surface area contributed by atoms with E-state index < -0.39 is 17.7 Å². The fourth-order valence-corrected chi connectivity index (χ4v) is 2.80. The molecule has 1 fully saturated rings. The lowest BCUT2D eigenvalue weighted by Crippen LogP contribution is -2.47. The van der Waals surface area contributed by atoms with E-state index >= 15 is 0 Å². The van der Waals surface area contributed by atoms with Crippen LogP contribution in [-0.2, 0) is 16.0 Å². The number of ether oxygens (including phenoxy) is 1. The van der Waals surface area contributed by atoms with Gasteiger partial charge in [-0.05, 0) is 57.7 Å². The second-order valence-electron chi connectivity index (χ2n) is 7.00. The maximum Gasteiger partial charge on any atom is 0.410 e. The van der Waals surface area contributed by atoms with Crippen molar-refractivity contribution in [3.8, 4) is 0 Å². The number of likely N-dealkylation sites (tertiary alicyclic amines) is 1. The van der Waals surface area contributed by atoms with Crippen molar-refractivity contribution in [1.29, 1.82) is 0 Å². The molecule has 0 spiro atoms. The zero-order valence-electron chi connectivity index (χ0n) is 14.5. The molecule has 0 bridgehead atoms. The van der Waals surface area contributed by atoms with Gasteiger partial charge >= 0.3 is 6.09 Å².